The molecule has 0 saturated heterocycles. The van der Waals surface area contributed by atoms with Gasteiger partial charge in [-0.05, 0) is 67.2 Å². The van der Waals surface area contributed by atoms with Crippen LogP contribution in [0.1, 0.15) is 107 Å². The first-order chi connectivity index (χ1) is 23.3. The smallest absolute Gasteiger partial charge is 0.373 e. The minimum absolute atomic E-state index is 0.106. The van der Waals surface area contributed by atoms with Crippen molar-refractivity contribution in [1.82, 2.24) is 0 Å². The van der Waals surface area contributed by atoms with Crippen molar-refractivity contribution >= 4 is 7.82 Å². The number of phosphoric acid groups is 1. The van der Waals surface area contributed by atoms with Crippen molar-refractivity contribution < 1.29 is 46.9 Å². The molecule has 0 heterocycles. The Balaban J connectivity index is 1.60. The average Bonchev–Trinajstić information content (AvgIpc) is 3.08. The highest BCUT2D eigenvalue weighted by Crippen LogP contribution is 2.46. The molecule has 0 saturated carbocycles. The minimum atomic E-state index is -4.34. The highest BCUT2D eigenvalue weighted by atomic mass is 31.2. The molecule has 0 amide bonds. The monoisotopic (exact) mass is 714 g/mol. The molecule has 2 rings (SSSR count). The molecule has 1 N–H and O–H groups in total. The zero-order valence-corrected chi connectivity index (χ0v) is 32.4. The van der Waals surface area contributed by atoms with Gasteiger partial charge in [0.15, 0.2) is 0 Å². The van der Waals surface area contributed by atoms with Gasteiger partial charge >= 0.3 is 7.82 Å². The second-order valence-electron chi connectivity index (χ2n) is 13.8. The Morgan fingerprint density at radius 1 is 0.571 bits per heavy atom. The summed E-state index contributed by atoms with van der Waals surface area (Å²) < 4.78 is 59.5. The number of allylic oxidation sites excluding steroid dienone is 4. The second-order valence-corrected chi connectivity index (χ2v) is 15.2. The van der Waals surface area contributed by atoms with Crippen LogP contribution in [0.25, 0.3) is 0 Å². The minimum Gasteiger partial charge on any atom is -0.373 e. The molecule has 0 radical (unpaired) electrons. The van der Waals surface area contributed by atoms with E-state index in [0.717, 1.165) is 51.4 Å². The summed E-state index contributed by atoms with van der Waals surface area (Å²) in [6.07, 6.45) is 23.0. The van der Waals surface area contributed by atoms with E-state index in [1.165, 1.54) is 0 Å². The van der Waals surface area contributed by atoms with Gasteiger partial charge < -0.3 is 33.3 Å². The summed E-state index contributed by atoms with van der Waals surface area (Å²) in [6, 6.07) is 0. The molecule has 2 aliphatic carbocycles. The van der Waals surface area contributed by atoms with Crippen molar-refractivity contribution in [2.75, 3.05) is 39.6 Å². The van der Waals surface area contributed by atoms with Crippen LogP contribution in [0.5, 0.6) is 0 Å². The van der Waals surface area contributed by atoms with Gasteiger partial charge in [0.1, 0.15) is 0 Å². The Morgan fingerprint density at radius 3 is 1.24 bits per heavy atom. The molecule has 2 aliphatic rings. The van der Waals surface area contributed by atoms with Crippen LogP contribution in [0.3, 0.4) is 0 Å². The molecule has 284 valence electrons. The first-order valence-corrected chi connectivity index (χ1v) is 19.9. The molecular formula is C38H67O10P. The number of hydrogen-bond donors (Lipinski definition) is 1. The zero-order chi connectivity index (χ0) is 36.2. The predicted molar refractivity (Wildman–Crippen MR) is 195 cm³/mol. The molecule has 0 aromatic heterocycles. The summed E-state index contributed by atoms with van der Waals surface area (Å²) in [7, 11) is -4.34. The third-order valence-electron chi connectivity index (χ3n) is 8.43. The lowest BCUT2D eigenvalue weighted by atomic mass is 9.89. The highest BCUT2D eigenvalue weighted by molar-refractivity contribution is 7.47. The van der Waals surface area contributed by atoms with Crippen molar-refractivity contribution in [2.45, 2.75) is 155 Å². The van der Waals surface area contributed by atoms with Crippen LogP contribution in [0.4, 0.5) is 0 Å². The van der Waals surface area contributed by atoms with E-state index < -0.39 is 20.0 Å². The summed E-state index contributed by atoms with van der Waals surface area (Å²) in [5.41, 5.74) is -0.519. The molecule has 49 heavy (non-hydrogen) atoms. The van der Waals surface area contributed by atoms with E-state index in [1.807, 2.05) is 27.7 Å². The van der Waals surface area contributed by atoms with E-state index in [4.69, 9.17) is 37.5 Å². The lowest BCUT2D eigenvalue weighted by Crippen LogP contribution is -2.35. The topological polar surface area (TPSA) is 111 Å². The van der Waals surface area contributed by atoms with Crippen molar-refractivity contribution in [3.05, 3.63) is 48.6 Å². The molecule has 0 aromatic carbocycles. The zero-order valence-electron chi connectivity index (χ0n) is 31.6. The summed E-state index contributed by atoms with van der Waals surface area (Å²) in [5.74, 6) is 0. The molecule has 8 unspecified atom stereocenters. The molecule has 11 heteroatoms. The third kappa shape index (κ3) is 18.8. The Kier molecular flexibility index (Phi) is 21.0. The predicted octanol–water partition coefficient (Wildman–Crippen LogP) is 8.44. The number of phosphoric ester groups is 1. The highest BCUT2D eigenvalue weighted by Gasteiger charge is 2.30. The Bertz CT molecular complexity index is 985. The van der Waals surface area contributed by atoms with E-state index in [0.29, 0.717) is 26.4 Å². The lowest BCUT2D eigenvalue weighted by molar-refractivity contribution is -0.0991. The van der Waals surface area contributed by atoms with Gasteiger partial charge in [-0.2, -0.15) is 0 Å². The van der Waals surface area contributed by atoms with Gasteiger partial charge in [-0.25, -0.2) is 4.57 Å². The van der Waals surface area contributed by atoms with Crippen molar-refractivity contribution in [3.8, 4) is 0 Å². The van der Waals surface area contributed by atoms with E-state index >= 15 is 0 Å². The molecule has 0 fully saturated rings. The van der Waals surface area contributed by atoms with Crippen LogP contribution in [-0.2, 0) is 42.0 Å². The Morgan fingerprint density at radius 2 is 0.918 bits per heavy atom. The molecule has 0 spiro atoms. The molecule has 0 aliphatic heterocycles. The fourth-order valence-electron chi connectivity index (χ4n) is 5.47. The number of hydrogen-bond acceptors (Lipinski definition) is 9. The van der Waals surface area contributed by atoms with Crippen molar-refractivity contribution in [2.24, 2.45) is 0 Å². The van der Waals surface area contributed by atoms with Crippen LogP contribution in [0.2, 0.25) is 0 Å². The van der Waals surface area contributed by atoms with Crippen LogP contribution in [0, 0.1) is 0 Å². The largest absolute Gasteiger partial charge is 0.472 e. The summed E-state index contributed by atoms with van der Waals surface area (Å²) in [4.78, 5) is 10.3. The van der Waals surface area contributed by atoms with Gasteiger partial charge in [-0.15, -0.1) is 0 Å². The van der Waals surface area contributed by atoms with E-state index in [9.17, 15) is 9.46 Å². The van der Waals surface area contributed by atoms with E-state index in [-0.39, 0.29) is 48.8 Å². The Hall–Kier alpha value is -1.17. The number of rotatable bonds is 28. The standard InChI is InChI=1S/C38H67O10P/c1-9-11-19-37(21-15-13-16-22-37)45-29-33(5)41-25-31(3)43-27-35(7)47-49(39,40)48-36(8)28-44-32(4)26-42-34(6)30-46-38(20-12-10-2)23-17-14-18-24-38/h13-18,21,23,31-36H,9-12,19-20,22,24-30H2,1-8H3,(H,39,40). The number of unbranched alkanes of at least 4 members (excludes halogenated alkanes) is 2. The normalized spacial score (nSPS) is 25.5. The van der Waals surface area contributed by atoms with Crippen LogP contribution in [0.15, 0.2) is 48.6 Å². The maximum atomic E-state index is 12.6. The quantitative estimate of drug-likeness (QED) is 0.0793. The average molecular weight is 715 g/mol. The molecule has 0 aromatic rings. The maximum Gasteiger partial charge on any atom is 0.472 e. The second kappa shape index (κ2) is 23.4. The third-order valence-corrected chi connectivity index (χ3v) is 9.68. The fourth-order valence-corrected chi connectivity index (χ4v) is 6.55. The molecule has 10 nitrogen and oxygen atoms in total. The molecular weight excluding hydrogens is 647 g/mol. The van der Waals surface area contributed by atoms with Crippen LogP contribution >= 0.6 is 7.82 Å². The van der Waals surface area contributed by atoms with Gasteiger partial charge in [-0.1, -0.05) is 88.1 Å². The van der Waals surface area contributed by atoms with E-state index in [2.05, 4.69) is 62.5 Å². The maximum absolute atomic E-state index is 12.6. The summed E-state index contributed by atoms with van der Waals surface area (Å²) >= 11 is 0. The molecule has 0 bridgehead atoms. The van der Waals surface area contributed by atoms with Gasteiger partial charge in [0, 0.05) is 0 Å². The van der Waals surface area contributed by atoms with Crippen molar-refractivity contribution in [1.29, 1.82) is 0 Å². The lowest BCUT2D eigenvalue weighted by Gasteiger charge is -2.33. The van der Waals surface area contributed by atoms with Gasteiger partial charge in [0.25, 0.3) is 0 Å². The van der Waals surface area contributed by atoms with Gasteiger partial charge in [0.2, 0.25) is 0 Å². The van der Waals surface area contributed by atoms with Gasteiger partial charge in [0.05, 0.1) is 87.5 Å². The SMILES string of the molecule is CCCCC1(OCC(C)OCC(C)OCC(C)OP(=O)(O)OC(C)COC(C)COC(C)COC2(CCCC)C=CC=CC2)C=CC=CC1. The molecule has 8 atom stereocenters. The van der Waals surface area contributed by atoms with Crippen LogP contribution < -0.4 is 0 Å². The first kappa shape index (κ1) is 44.0. The first-order valence-electron chi connectivity index (χ1n) is 18.4. The fraction of sp³-hybridized carbons (Fsp3) is 0.789. The van der Waals surface area contributed by atoms with Gasteiger partial charge in [-0.3, -0.25) is 9.05 Å². The Labute approximate surface area is 297 Å². The summed E-state index contributed by atoms with van der Waals surface area (Å²) in [5, 5.41) is 0. The van der Waals surface area contributed by atoms with E-state index in [1.54, 1.807) is 13.8 Å². The van der Waals surface area contributed by atoms with Crippen molar-refractivity contribution in [3.63, 3.8) is 0 Å². The number of ether oxygens (including phenoxy) is 6. The summed E-state index contributed by atoms with van der Waals surface area (Å²) in [6.45, 7) is 17.3. The van der Waals surface area contributed by atoms with Crippen LogP contribution in [-0.4, -0.2) is 92.4 Å².